The summed E-state index contributed by atoms with van der Waals surface area (Å²) in [4.78, 5) is 25.5. The van der Waals surface area contributed by atoms with Gasteiger partial charge in [-0.25, -0.2) is 9.97 Å². The molecule has 1 aromatic carbocycles. The van der Waals surface area contributed by atoms with Crippen molar-refractivity contribution in [2.24, 2.45) is 0 Å². The second-order valence-corrected chi connectivity index (χ2v) is 7.18. The molecule has 0 spiro atoms. The molecule has 3 aromatic heterocycles. The average Bonchev–Trinajstić information content (AvgIpc) is 3.48. The number of hydrogen-bond donors (Lipinski definition) is 1. The summed E-state index contributed by atoms with van der Waals surface area (Å²) in [5, 5.41) is 6.82. The largest absolute Gasteiger partial charge is 0.496 e. The maximum atomic E-state index is 12.5. The van der Waals surface area contributed by atoms with Gasteiger partial charge in [0.2, 0.25) is 0 Å². The van der Waals surface area contributed by atoms with Crippen LogP contribution in [0, 0.1) is 0 Å². The summed E-state index contributed by atoms with van der Waals surface area (Å²) in [5.74, 6) is 2.31. The second kappa shape index (κ2) is 8.78. The Hall–Kier alpha value is -4.01. The molecule has 158 valence electrons. The molecule has 9 heteroatoms. The summed E-state index contributed by atoms with van der Waals surface area (Å²) in [6, 6.07) is 11.2. The van der Waals surface area contributed by atoms with Crippen LogP contribution in [0.2, 0.25) is 0 Å². The first-order chi connectivity index (χ1) is 15.0. The molecule has 0 atom stereocenters. The quantitative estimate of drug-likeness (QED) is 0.490. The molecule has 0 unspecified atom stereocenters. The predicted molar refractivity (Wildman–Crippen MR) is 113 cm³/mol. The van der Waals surface area contributed by atoms with Crippen molar-refractivity contribution in [1.29, 1.82) is 0 Å². The van der Waals surface area contributed by atoms with Gasteiger partial charge in [0, 0.05) is 30.4 Å². The average molecular weight is 418 g/mol. The van der Waals surface area contributed by atoms with Crippen LogP contribution in [0.3, 0.4) is 0 Å². The van der Waals surface area contributed by atoms with Crippen LogP contribution in [-0.4, -0.2) is 37.7 Å². The molecule has 9 nitrogen and oxygen atoms in total. The molecule has 31 heavy (non-hydrogen) atoms. The number of ether oxygens (including phenoxy) is 1. The number of aromatic nitrogens is 5. The first-order valence-electron chi connectivity index (χ1n) is 9.79. The summed E-state index contributed by atoms with van der Waals surface area (Å²) in [7, 11) is 1.60. The van der Waals surface area contributed by atoms with Gasteiger partial charge in [-0.3, -0.25) is 9.36 Å². The summed E-state index contributed by atoms with van der Waals surface area (Å²) in [5.41, 5.74) is 1.90. The van der Waals surface area contributed by atoms with Crippen LogP contribution in [0.5, 0.6) is 5.75 Å². The molecule has 0 aliphatic carbocycles. The lowest BCUT2D eigenvalue weighted by Crippen LogP contribution is -2.23. The van der Waals surface area contributed by atoms with Gasteiger partial charge in [0.1, 0.15) is 23.6 Å². The number of methoxy groups -OCH3 is 1. The molecule has 1 N–H and O–H groups in total. The van der Waals surface area contributed by atoms with Crippen LogP contribution in [0.25, 0.3) is 17.3 Å². The van der Waals surface area contributed by atoms with E-state index in [4.69, 9.17) is 9.26 Å². The number of hydrogen-bond acceptors (Lipinski definition) is 7. The number of amides is 1. The molecule has 4 rings (SSSR count). The van der Waals surface area contributed by atoms with Gasteiger partial charge in [-0.15, -0.1) is 0 Å². The summed E-state index contributed by atoms with van der Waals surface area (Å²) < 4.78 is 12.3. The Bertz CT molecular complexity index is 1180. The molecule has 0 aliphatic heterocycles. The molecule has 0 radical (unpaired) electrons. The van der Waals surface area contributed by atoms with E-state index in [2.05, 4.69) is 25.4 Å². The maximum Gasteiger partial charge on any atom is 0.271 e. The number of carbonyl (C=O) groups excluding carboxylic acids is 1. The minimum atomic E-state index is -0.284. The molecular weight excluding hydrogens is 396 g/mol. The van der Waals surface area contributed by atoms with Gasteiger partial charge >= 0.3 is 0 Å². The summed E-state index contributed by atoms with van der Waals surface area (Å²) >= 11 is 0. The molecule has 4 aromatic rings. The molecule has 0 saturated carbocycles. The Morgan fingerprint density at radius 1 is 1.19 bits per heavy atom. The van der Waals surface area contributed by atoms with Gasteiger partial charge in [-0.1, -0.05) is 37.2 Å². The van der Waals surface area contributed by atoms with Crippen molar-refractivity contribution in [3.63, 3.8) is 0 Å². The highest BCUT2D eigenvalue weighted by atomic mass is 16.5. The third kappa shape index (κ3) is 4.45. The van der Waals surface area contributed by atoms with Gasteiger partial charge < -0.3 is 14.6 Å². The topological polar surface area (TPSA) is 108 Å². The number of para-hydroxylation sites is 1. The molecule has 0 bridgehead atoms. The fraction of sp³-hybridized carbons (Fsp3) is 0.227. The van der Waals surface area contributed by atoms with Crippen LogP contribution in [0.1, 0.15) is 41.6 Å². The van der Waals surface area contributed by atoms with Crippen molar-refractivity contribution in [2.45, 2.75) is 26.3 Å². The molecular formula is C22H22N6O3. The predicted octanol–water partition coefficient (Wildman–Crippen LogP) is 3.38. The van der Waals surface area contributed by atoms with E-state index in [0.717, 1.165) is 16.9 Å². The van der Waals surface area contributed by atoms with Crippen LogP contribution in [0.15, 0.2) is 59.6 Å². The molecule has 1 amide bonds. The highest BCUT2D eigenvalue weighted by Gasteiger charge is 2.14. The van der Waals surface area contributed by atoms with E-state index in [1.807, 2.05) is 44.2 Å². The summed E-state index contributed by atoms with van der Waals surface area (Å²) in [6.07, 6.45) is 4.82. The SMILES string of the molecule is COc1ccccc1CNC(=O)c1cn(-c2ccc(-c3nc(C(C)C)no3)cn2)cn1. The lowest BCUT2D eigenvalue weighted by Gasteiger charge is -2.08. The van der Waals surface area contributed by atoms with Gasteiger partial charge in [-0.2, -0.15) is 4.98 Å². The van der Waals surface area contributed by atoms with Gasteiger partial charge in [0.15, 0.2) is 5.82 Å². The van der Waals surface area contributed by atoms with E-state index in [1.165, 1.54) is 0 Å². The second-order valence-electron chi connectivity index (χ2n) is 7.18. The zero-order valence-electron chi connectivity index (χ0n) is 17.4. The minimum absolute atomic E-state index is 0.184. The Balaban J connectivity index is 1.43. The van der Waals surface area contributed by atoms with Crippen LogP contribution in [0.4, 0.5) is 0 Å². The van der Waals surface area contributed by atoms with Gasteiger partial charge in [-0.05, 0) is 18.2 Å². The van der Waals surface area contributed by atoms with Crippen molar-refractivity contribution in [3.8, 4) is 23.0 Å². The van der Waals surface area contributed by atoms with Crippen LogP contribution < -0.4 is 10.1 Å². The van der Waals surface area contributed by atoms with Gasteiger partial charge in [0.05, 0.1) is 12.7 Å². The number of carbonyl (C=O) groups is 1. The fourth-order valence-corrected chi connectivity index (χ4v) is 2.93. The number of nitrogens with zero attached hydrogens (tertiary/aromatic N) is 5. The Kier molecular flexibility index (Phi) is 5.74. The highest BCUT2D eigenvalue weighted by molar-refractivity contribution is 5.92. The smallest absolute Gasteiger partial charge is 0.271 e. The molecule has 3 heterocycles. The third-order valence-corrected chi connectivity index (χ3v) is 4.66. The van der Waals surface area contributed by atoms with E-state index >= 15 is 0 Å². The van der Waals surface area contributed by atoms with Crippen molar-refractivity contribution in [3.05, 3.63) is 72.2 Å². The zero-order valence-corrected chi connectivity index (χ0v) is 17.4. The van der Waals surface area contributed by atoms with E-state index in [1.54, 1.807) is 36.5 Å². The summed E-state index contributed by atoms with van der Waals surface area (Å²) in [6.45, 7) is 4.34. The van der Waals surface area contributed by atoms with Gasteiger partial charge in [0.25, 0.3) is 11.8 Å². The fourth-order valence-electron chi connectivity index (χ4n) is 2.93. The highest BCUT2D eigenvalue weighted by Crippen LogP contribution is 2.20. The van der Waals surface area contributed by atoms with E-state index in [0.29, 0.717) is 29.8 Å². The normalized spacial score (nSPS) is 11.0. The standard InChI is InChI=1S/C22H22N6O3/c1-14(2)20-26-22(31-27-20)16-8-9-19(23-11-16)28-12-17(25-13-28)21(29)24-10-15-6-4-5-7-18(15)30-3/h4-9,11-14H,10H2,1-3H3,(H,24,29). The Labute approximate surface area is 179 Å². The zero-order chi connectivity index (χ0) is 21.8. The maximum absolute atomic E-state index is 12.5. The number of pyridine rings is 1. The number of benzene rings is 1. The lowest BCUT2D eigenvalue weighted by molar-refractivity contribution is 0.0946. The van der Waals surface area contributed by atoms with Crippen molar-refractivity contribution < 1.29 is 14.1 Å². The van der Waals surface area contributed by atoms with E-state index in [9.17, 15) is 4.79 Å². The Morgan fingerprint density at radius 2 is 2.03 bits per heavy atom. The lowest BCUT2D eigenvalue weighted by atomic mass is 10.2. The molecule has 0 fully saturated rings. The number of rotatable bonds is 7. The number of nitrogens with one attached hydrogen (secondary N) is 1. The monoisotopic (exact) mass is 418 g/mol. The minimum Gasteiger partial charge on any atom is -0.496 e. The third-order valence-electron chi connectivity index (χ3n) is 4.66. The first kappa shape index (κ1) is 20.3. The van der Waals surface area contributed by atoms with Crippen molar-refractivity contribution in [2.75, 3.05) is 7.11 Å². The van der Waals surface area contributed by atoms with Crippen LogP contribution >= 0.6 is 0 Å². The Morgan fingerprint density at radius 3 is 2.74 bits per heavy atom. The molecule has 0 saturated heterocycles. The van der Waals surface area contributed by atoms with Crippen LogP contribution in [-0.2, 0) is 6.54 Å². The van der Waals surface area contributed by atoms with E-state index in [-0.39, 0.29) is 11.8 Å². The van der Waals surface area contributed by atoms with Crippen molar-refractivity contribution in [1.82, 2.24) is 30.0 Å². The van der Waals surface area contributed by atoms with Crippen molar-refractivity contribution >= 4 is 5.91 Å². The molecule has 0 aliphatic rings. The van der Waals surface area contributed by atoms with E-state index < -0.39 is 0 Å². The first-order valence-corrected chi connectivity index (χ1v) is 9.79. The number of imidazole rings is 1.